The molecule has 1 atom stereocenters. The topological polar surface area (TPSA) is 36.4 Å². The molecule has 3 nitrogen and oxygen atoms in total. The number of aryl methyl sites for hydroxylation is 1. The Bertz CT molecular complexity index is 587. The van der Waals surface area contributed by atoms with Crippen LogP contribution in [0.1, 0.15) is 50.1 Å². The molecule has 3 heteroatoms. The van der Waals surface area contributed by atoms with E-state index < -0.39 is 5.60 Å². The zero-order valence-electron chi connectivity index (χ0n) is 14.7. The van der Waals surface area contributed by atoms with Gasteiger partial charge >= 0.3 is 0 Å². The Hall–Kier alpha value is -1.71. The summed E-state index contributed by atoms with van der Waals surface area (Å²) in [6, 6.07) is 15.0. The second-order valence-corrected chi connectivity index (χ2v) is 6.97. The minimum Gasteiger partial charge on any atom is -0.390 e. The van der Waals surface area contributed by atoms with Gasteiger partial charge in [-0.25, -0.2) is 0 Å². The lowest BCUT2D eigenvalue weighted by molar-refractivity contribution is 0.0714. The molecule has 2 aromatic rings. The number of nitrogens with zero attached hydrogens (tertiary/aromatic N) is 2. The van der Waals surface area contributed by atoms with Crippen molar-refractivity contribution in [3.05, 3.63) is 65.5 Å². The number of pyridine rings is 1. The second-order valence-electron chi connectivity index (χ2n) is 6.97. The number of hydrogen-bond donors (Lipinski definition) is 1. The normalized spacial score (nSPS) is 13.3. The summed E-state index contributed by atoms with van der Waals surface area (Å²) in [5.74, 6) is 0. The lowest BCUT2D eigenvalue weighted by Crippen LogP contribution is -2.22. The molecule has 2 rings (SSSR count). The molecule has 0 saturated heterocycles. The van der Waals surface area contributed by atoms with Gasteiger partial charge < -0.3 is 5.11 Å². The molecule has 124 valence electrons. The van der Waals surface area contributed by atoms with Crippen LogP contribution in [0.4, 0.5) is 0 Å². The molecule has 1 aromatic carbocycles. The molecule has 0 aliphatic heterocycles. The van der Waals surface area contributed by atoms with Crippen LogP contribution in [0.3, 0.4) is 0 Å². The number of aliphatic hydroxyl groups is 1. The van der Waals surface area contributed by atoms with Crippen LogP contribution >= 0.6 is 0 Å². The molecule has 1 heterocycles. The minimum atomic E-state index is -0.600. The van der Waals surface area contributed by atoms with E-state index in [0.29, 0.717) is 0 Å². The van der Waals surface area contributed by atoms with Crippen molar-refractivity contribution in [2.24, 2.45) is 0 Å². The third kappa shape index (κ3) is 5.77. The molecule has 0 unspecified atom stereocenters. The van der Waals surface area contributed by atoms with Crippen molar-refractivity contribution in [2.45, 2.75) is 51.8 Å². The summed E-state index contributed by atoms with van der Waals surface area (Å²) in [7, 11) is 2.13. The third-order valence-corrected chi connectivity index (χ3v) is 4.26. The highest BCUT2D eigenvalue weighted by atomic mass is 16.3. The average Bonchev–Trinajstić information content (AvgIpc) is 2.53. The maximum absolute atomic E-state index is 9.81. The molecule has 0 spiro atoms. The van der Waals surface area contributed by atoms with E-state index in [9.17, 15) is 5.11 Å². The summed E-state index contributed by atoms with van der Waals surface area (Å²) in [5, 5.41) is 9.81. The number of aromatic nitrogens is 1. The first-order valence-corrected chi connectivity index (χ1v) is 8.26. The molecular weight excluding hydrogens is 284 g/mol. The average molecular weight is 312 g/mol. The van der Waals surface area contributed by atoms with Crippen LogP contribution in [-0.4, -0.2) is 27.6 Å². The van der Waals surface area contributed by atoms with Gasteiger partial charge in [0.05, 0.1) is 11.3 Å². The van der Waals surface area contributed by atoms with Gasteiger partial charge in [-0.15, -0.1) is 0 Å². The van der Waals surface area contributed by atoms with Crippen molar-refractivity contribution >= 4 is 0 Å². The standard InChI is InChI=1S/C20H28N2O/c1-16(19-7-5-6-14-21-19)22(4)15-18-10-8-17(9-11-18)12-13-20(2,3)23/h5-11,14,16,23H,12-13,15H2,1-4H3/t16-/m0/s1. The fourth-order valence-corrected chi connectivity index (χ4v) is 2.54. The van der Waals surface area contributed by atoms with Gasteiger partial charge in [-0.05, 0) is 63.9 Å². The Morgan fingerprint density at radius 1 is 1.09 bits per heavy atom. The van der Waals surface area contributed by atoms with E-state index in [1.165, 1.54) is 11.1 Å². The fourth-order valence-electron chi connectivity index (χ4n) is 2.54. The van der Waals surface area contributed by atoms with Gasteiger partial charge in [0.2, 0.25) is 0 Å². The second kappa shape index (κ2) is 7.71. The molecule has 23 heavy (non-hydrogen) atoms. The zero-order chi connectivity index (χ0) is 16.9. The summed E-state index contributed by atoms with van der Waals surface area (Å²) in [6.07, 6.45) is 3.53. The van der Waals surface area contributed by atoms with Gasteiger partial charge in [0.1, 0.15) is 0 Å². The van der Waals surface area contributed by atoms with Crippen molar-refractivity contribution in [3.8, 4) is 0 Å². The van der Waals surface area contributed by atoms with Gasteiger partial charge in [-0.3, -0.25) is 9.88 Å². The van der Waals surface area contributed by atoms with Gasteiger partial charge in [-0.2, -0.15) is 0 Å². The predicted molar refractivity (Wildman–Crippen MR) is 95.2 cm³/mol. The van der Waals surface area contributed by atoms with E-state index in [4.69, 9.17) is 0 Å². The highest BCUT2D eigenvalue weighted by molar-refractivity contribution is 5.23. The molecule has 0 bridgehead atoms. The molecule has 0 radical (unpaired) electrons. The van der Waals surface area contributed by atoms with Crippen LogP contribution in [0.5, 0.6) is 0 Å². The SMILES string of the molecule is C[C@@H](c1ccccn1)N(C)Cc1ccc(CCC(C)(C)O)cc1. The highest BCUT2D eigenvalue weighted by Crippen LogP contribution is 2.19. The van der Waals surface area contributed by atoms with Gasteiger partial charge in [0.25, 0.3) is 0 Å². The monoisotopic (exact) mass is 312 g/mol. The van der Waals surface area contributed by atoms with E-state index in [2.05, 4.69) is 54.2 Å². The van der Waals surface area contributed by atoms with Crippen molar-refractivity contribution in [2.75, 3.05) is 7.05 Å². The highest BCUT2D eigenvalue weighted by Gasteiger charge is 2.14. The molecule has 0 aliphatic rings. The molecular formula is C20H28N2O. The lowest BCUT2D eigenvalue weighted by atomic mass is 9.98. The zero-order valence-corrected chi connectivity index (χ0v) is 14.7. The Labute approximate surface area is 140 Å². The van der Waals surface area contributed by atoms with Crippen LogP contribution in [0, 0.1) is 0 Å². The van der Waals surface area contributed by atoms with Crippen LogP contribution in [0.25, 0.3) is 0 Å². The third-order valence-electron chi connectivity index (χ3n) is 4.26. The first kappa shape index (κ1) is 17.6. The minimum absolute atomic E-state index is 0.283. The molecule has 0 saturated carbocycles. The maximum Gasteiger partial charge on any atom is 0.0594 e. The van der Waals surface area contributed by atoms with Crippen molar-refractivity contribution in [3.63, 3.8) is 0 Å². The van der Waals surface area contributed by atoms with Crippen LogP contribution in [-0.2, 0) is 13.0 Å². The van der Waals surface area contributed by atoms with Gasteiger partial charge in [0.15, 0.2) is 0 Å². The lowest BCUT2D eigenvalue weighted by Gasteiger charge is -2.24. The summed E-state index contributed by atoms with van der Waals surface area (Å²) >= 11 is 0. The Balaban J connectivity index is 1.92. The molecule has 1 aromatic heterocycles. The molecule has 0 aliphatic carbocycles. The molecule has 1 N–H and O–H groups in total. The summed E-state index contributed by atoms with van der Waals surface area (Å²) in [6.45, 7) is 6.79. The van der Waals surface area contributed by atoms with E-state index in [-0.39, 0.29) is 6.04 Å². The van der Waals surface area contributed by atoms with Crippen molar-refractivity contribution < 1.29 is 5.11 Å². The first-order valence-electron chi connectivity index (χ1n) is 8.26. The van der Waals surface area contributed by atoms with Crippen molar-refractivity contribution in [1.82, 2.24) is 9.88 Å². The van der Waals surface area contributed by atoms with Gasteiger partial charge in [-0.1, -0.05) is 30.3 Å². The number of hydrogen-bond acceptors (Lipinski definition) is 3. The number of rotatable bonds is 7. The van der Waals surface area contributed by atoms with Crippen LogP contribution in [0.2, 0.25) is 0 Å². The van der Waals surface area contributed by atoms with E-state index in [1.54, 1.807) is 0 Å². The smallest absolute Gasteiger partial charge is 0.0594 e. The van der Waals surface area contributed by atoms with Crippen LogP contribution < -0.4 is 0 Å². The van der Waals surface area contributed by atoms with E-state index in [0.717, 1.165) is 25.1 Å². The summed E-state index contributed by atoms with van der Waals surface area (Å²) < 4.78 is 0. The Morgan fingerprint density at radius 2 is 1.74 bits per heavy atom. The Kier molecular flexibility index (Phi) is 5.91. The van der Waals surface area contributed by atoms with Crippen molar-refractivity contribution in [1.29, 1.82) is 0 Å². The summed E-state index contributed by atoms with van der Waals surface area (Å²) in [5.41, 5.74) is 3.06. The molecule has 0 amide bonds. The van der Waals surface area contributed by atoms with Crippen LogP contribution in [0.15, 0.2) is 48.7 Å². The first-order chi connectivity index (χ1) is 10.8. The summed E-state index contributed by atoms with van der Waals surface area (Å²) in [4.78, 5) is 6.74. The van der Waals surface area contributed by atoms with E-state index in [1.807, 2.05) is 32.2 Å². The quantitative estimate of drug-likeness (QED) is 0.840. The van der Waals surface area contributed by atoms with Gasteiger partial charge in [0, 0.05) is 18.8 Å². The predicted octanol–water partition coefficient (Wildman–Crippen LogP) is 3.98. The van der Waals surface area contributed by atoms with E-state index >= 15 is 0 Å². The largest absolute Gasteiger partial charge is 0.390 e. The maximum atomic E-state index is 9.81. The fraction of sp³-hybridized carbons (Fsp3) is 0.450. The Morgan fingerprint density at radius 3 is 2.30 bits per heavy atom. The number of benzene rings is 1. The molecule has 0 fully saturated rings.